The lowest BCUT2D eigenvalue weighted by Crippen LogP contribution is -1.81. The Hall–Kier alpha value is -1.27. The van der Waals surface area contributed by atoms with E-state index in [1.807, 2.05) is 24.3 Å². The van der Waals surface area contributed by atoms with E-state index in [1.54, 1.807) is 0 Å². The van der Waals surface area contributed by atoms with Crippen molar-refractivity contribution in [3.63, 3.8) is 0 Å². The van der Waals surface area contributed by atoms with Gasteiger partial charge in [-0.2, -0.15) is 0 Å². The van der Waals surface area contributed by atoms with E-state index in [9.17, 15) is 0 Å². The molecule has 1 heteroatoms. The predicted molar refractivity (Wildman–Crippen MR) is 66.3 cm³/mol. The lowest BCUT2D eigenvalue weighted by molar-refractivity contribution is 1.14. The van der Waals surface area contributed by atoms with Crippen molar-refractivity contribution < 1.29 is 0 Å². The molecular formula is C14H13Cl. The molecule has 0 aliphatic heterocycles. The SMILES string of the molecule is CCc1ccc(-c2ccc(Cl)cc2)cc1. The third kappa shape index (κ3) is 2.40. The molecule has 15 heavy (non-hydrogen) atoms. The summed E-state index contributed by atoms with van der Waals surface area (Å²) in [7, 11) is 0. The highest BCUT2D eigenvalue weighted by Gasteiger charge is 1.97. The van der Waals surface area contributed by atoms with Gasteiger partial charge in [-0.25, -0.2) is 0 Å². The summed E-state index contributed by atoms with van der Waals surface area (Å²) in [5.41, 5.74) is 3.82. The summed E-state index contributed by atoms with van der Waals surface area (Å²) in [6, 6.07) is 16.6. The Labute approximate surface area is 95.5 Å². The maximum Gasteiger partial charge on any atom is 0.0406 e. The summed E-state index contributed by atoms with van der Waals surface area (Å²) < 4.78 is 0. The summed E-state index contributed by atoms with van der Waals surface area (Å²) >= 11 is 5.85. The number of halogens is 1. The second kappa shape index (κ2) is 4.50. The summed E-state index contributed by atoms with van der Waals surface area (Å²) in [5.74, 6) is 0. The second-order valence-corrected chi connectivity index (χ2v) is 3.99. The van der Waals surface area contributed by atoms with E-state index in [0.717, 1.165) is 11.4 Å². The number of benzene rings is 2. The highest BCUT2D eigenvalue weighted by atomic mass is 35.5. The molecule has 0 saturated carbocycles. The van der Waals surface area contributed by atoms with Gasteiger partial charge in [-0.1, -0.05) is 54.9 Å². The third-order valence-electron chi connectivity index (χ3n) is 2.54. The van der Waals surface area contributed by atoms with Gasteiger partial charge >= 0.3 is 0 Å². The number of aryl methyl sites for hydroxylation is 1. The molecular weight excluding hydrogens is 204 g/mol. The van der Waals surface area contributed by atoms with Gasteiger partial charge < -0.3 is 0 Å². The summed E-state index contributed by atoms with van der Waals surface area (Å²) in [4.78, 5) is 0. The van der Waals surface area contributed by atoms with Crippen molar-refractivity contribution in [3.8, 4) is 11.1 Å². The van der Waals surface area contributed by atoms with Gasteiger partial charge in [-0.15, -0.1) is 0 Å². The molecule has 0 aromatic heterocycles. The van der Waals surface area contributed by atoms with Crippen LogP contribution in [0.1, 0.15) is 12.5 Å². The van der Waals surface area contributed by atoms with E-state index in [1.165, 1.54) is 16.7 Å². The Bertz CT molecular complexity index is 426. The second-order valence-electron chi connectivity index (χ2n) is 3.56. The zero-order valence-electron chi connectivity index (χ0n) is 8.70. The molecule has 0 radical (unpaired) electrons. The van der Waals surface area contributed by atoms with Crippen molar-refractivity contribution >= 4 is 11.6 Å². The van der Waals surface area contributed by atoms with Gasteiger partial charge in [0.1, 0.15) is 0 Å². The quantitative estimate of drug-likeness (QED) is 0.690. The van der Waals surface area contributed by atoms with Gasteiger partial charge in [0.25, 0.3) is 0 Å². The molecule has 0 N–H and O–H groups in total. The molecule has 0 nitrogen and oxygen atoms in total. The van der Waals surface area contributed by atoms with Crippen LogP contribution < -0.4 is 0 Å². The minimum Gasteiger partial charge on any atom is -0.0843 e. The fraction of sp³-hybridized carbons (Fsp3) is 0.143. The lowest BCUT2D eigenvalue weighted by Gasteiger charge is -2.03. The Kier molecular flexibility index (Phi) is 3.08. The molecule has 2 rings (SSSR count). The molecule has 0 aliphatic carbocycles. The average molecular weight is 217 g/mol. The predicted octanol–water partition coefficient (Wildman–Crippen LogP) is 4.57. The van der Waals surface area contributed by atoms with Gasteiger partial charge in [-0.05, 0) is 35.2 Å². The Morgan fingerprint density at radius 1 is 0.800 bits per heavy atom. The molecule has 0 heterocycles. The van der Waals surface area contributed by atoms with Crippen molar-refractivity contribution in [2.45, 2.75) is 13.3 Å². The molecule has 2 aromatic carbocycles. The molecule has 0 saturated heterocycles. The molecule has 0 amide bonds. The largest absolute Gasteiger partial charge is 0.0843 e. The molecule has 0 bridgehead atoms. The summed E-state index contributed by atoms with van der Waals surface area (Å²) in [6.07, 6.45) is 1.08. The van der Waals surface area contributed by atoms with E-state index in [2.05, 4.69) is 31.2 Å². The highest BCUT2D eigenvalue weighted by molar-refractivity contribution is 6.30. The molecule has 0 atom stereocenters. The van der Waals surface area contributed by atoms with Crippen molar-refractivity contribution in [2.75, 3.05) is 0 Å². The minimum absolute atomic E-state index is 0.781. The van der Waals surface area contributed by atoms with E-state index < -0.39 is 0 Å². The molecule has 76 valence electrons. The zero-order valence-corrected chi connectivity index (χ0v) is 9.46. The maximum atomic E-state index is 5.85. The van der Waals surface area contributed by atoms with Crippen LogP contribution in [0, 0.1) is 0 Å². The van der Waals surface area contributed by atoms with E-state index >= 15 is 0 Å². The Balaban J connectivity index is 2.33. The topological polar surface area (TPSA) is 0 Å². The lowest BCUT2D eigenvalue weighted by atomic mass is 10.0. The highest BCUT2D eigenvalue weighted by Crippen LogP contribution is 2.21. The van der Waals surface area contributed by atoms with Crippen LogP contribution in [0.25, 0.3) is 11.1 Å². The smallest absolute Gasteiger partial charge is 0.0406 e. The molecule has 0 fully saturated rings. The van der Waals surface area contributed by atoms with Crippen LogP contribution >= 0.6 is 11.6 Å². The van der Waals surface area contributed by atoms with Crippen molar-refractivity contribution in [3.05, 3.63) is 59.1 Å². The van der Waals surface area contributed by atoms with Crippen molar-refractivity contribution in [1.82, 2.24) is 0 Å². The van der Waals surface area contributed by atoms with E-state index in [-0.39, 0.29) is 0 Å². The van der Waals surface area contributed by atoms with E-state index in [4.69, 9.17) is 11.6 Å². The first-order valence-corrected chi connectivity index (χ1v) is 5.52. The van der Waals surface area contributed by atoms with Crippen molar-refractivity contribution in [2.24, 2.45) is 0 Å². The van der Waals surface area contributed by atoms with Crippen LogP contribution in [-0.2, 0) is 6.42 Å². The van der Waals surface area contributed by atoms with E-state index in [0.29, 0.717) is 0 Å². The summed E-state index contributed by atoms with van der Waals surface area (Å²) in [6.45, 7) is 2.16. The number of rotatable bonds is 2. The Morgan fingerprint density at radius 3 is 1.73 bits per heavy atom. The third-order valence-corrected chi connectivity index (χ3v) is 2.79. The fourth-order valence-corrected chi connectivity index (χ4v) is 1.70. The Morgan fingerprint density at radius 2 is 1.27 bits per heavy atom. The van der Waals surface area contributed by atoms with Crippen LogP contribution in [-0.4, -0.2) is 0 Å². The van der Waals surface area contributed by atoms with Crippen molar-refractivity contribution in [1.29, 1.82) is 0 Å². The molecule has 0 spiro atoms. The normalized spacial score (nSPS) is 10.3. The average Bonchev–Trinajstić information content (AvgIpc) is 2.30. The van der Waals surface area contributed by atoms with Crippen LogP contribution in [0.15, 0.2) is 48.5 Å². The molecule has 2 aromatic rings. The van der Waals surface area contributed by atoms with Gasteiger partial charge in [0.05, 0.1) is 0 Å². The molecule has 0 aliphatic rings. The van der Waals surface area contributed by atoms with Crippen LogP contribution in [0.4, 0.5) is 0 Å². The fourth-order valence-electron chi connectivity index (χ4n) is 1.58. The van der Waals surface area contributed by atoms with Gasteiger partial charge in [-0.3, -0.25) is 0 Å². The van der Waals surface area contributed by atoms with Crippen LogP contribution in [0.2, 0.25) is 5.02 Å². The van der Waals surface area contributed by atoms with Crippen LogP contribution in [0.3, 0.4) is 0 Å². The monoisotopic (exact) mass is 216 g/mol. The first-order chi connectivity index (χ1) is 7.29. The van der Waals surface area contributed by atoms with Gasteiger partial charge in [0.2, 0.25) is 0 Å². The number of hydrogen-bond acceptors (Lipinski definition) is 0. The molecule has 0 unspecified atom stereocenters. The minimum atomic E-state index is 0.781. The van der Waals surface area contributed by atoms with Gasteiger partial charge in [0.15, 0.2) is 0 Å². The standard InChI is InChI=1S/C14H13Cl/c1-2-11-3-5-12(6-4-11)13-7-9-14(15)10-8-13/h3-10H,2H2,1H3. The van der Waals surface area contributed by atoms with Crippen LogP contribution in [0.5, 0.6) is 0 Å². The number of hydrogen-bond donors (Lipinski definition) is 0. The first-order valence-electron chi connectivity index (χ1n) is 5.14. The zero-order chi connectivity index (χ0) is 10.7. The first kappa shape index (κ1) is 10.3. The van der Waals surface area contributed by atoms with Gasteiger partial charge in [0, 0.05) is 5.02 Å². The summed E-state index contributed by atoms with van der Waals surface area (Å²) in [5, 5.41) is 0.781. The maximum absolute atomic E-state index is 5.85.